The van der Waals surface area contributed by atoms with Crippen LogP contribution in [0.5, 0.6) is 0 Å². The fraction of sp³-hybridized carbons (Fsp3) is 0.889. The Morgan fingerprint density at radius 1 is 1.15 bits per heavy atom. The van der Waals surface area contributed by atoms with Crippen molar-refractivity contribution in [1.29, 1.82) is 0 Å². The van der Waals surface area contributed by atoms with Gasteiger partial charge in [-0.1, -0.05) is 0 Å². The first-order valence-electron chi connectivity index (χ1n) is 9.79. The third-order valence-corrected chi connectivity index (χ3v) is 5.42. The van der Waals surface area contributed by atoms with E-state index in [0.29, 0.717) is 5.92 Å². The second kappa shape index (κ2) is 10.7. The Bertz CT molecular complexity index is 476. The molecule has 7 nitrogen and oxygen atoms in total. The summed E-state index contributed by atoms with van der Waals surface area (Å²) in [7, 11) is 2.18. The Labute approximate surface area is 174 Å². The number of likely N-dealkylation sites (tertiary alicyclic amines) is 1. The van der Waals surface area contributed by atoms with Gasteiger partial charge in [-0.15, -0.1) is 24.0 Å². The van der Waals surface area contributed by atoms with Crippen LogP contribution in [0.2, 0.25) is 0 Å². The molecule has 1 amide bonds. The first kappa shape index (κ1) is 21.7. The summed E-state index contributed by atoms with van der Waals surface area (Å²) < 4.78 is 5.54. The van der Waals surface area contributed by atoms with E-state index >= 15 is 0 Å². The highest BCUT2D eigenvalue weighted by Gasteiger charge is 2.31. The van der Waals surface area contributed by atoms with Gasteiger partial charge in [-0.3, -0.25) is 9.79 Å². The molecule has 0 spiro atoms. The maximum absolute atomic E-state index is 12.5. The molecular weight excluding hydrogens is 445 g/mol. The number of amides is 1. The number of halogens is 1. The molecule has 3 heterocycles. The predicted molar refractivity (Wildman–Crippen MR) is 114 cm³/mol. The topological polar surface area (TPSA) is 60.4 Å². The number of hydrogen-bond donors (Lipinski definition) is 1. The lowest BCUT2D eigenvalue weighted by molar-refractivity contribution is -0.142. The smallest absolute Gasteiger partial charge is 0.251 e. The van der Waals surface area contributed by atoms with E-state index in [9.17, 15) is 4.79 Å². The molecule has 3 fully saturated rings. The Morgan fingerprint density at radius 2 is 1.88 bits per heavy atom. The number of guanidine groups is 1. The van der Waals surface area contributed by atoms with E-state index in [1.54, 1.807) is 0 Å². The minimum absolute atomic E-state index is 0. The van der Waals surface area contributed by atoms with Gasteiger partial charge in [-0.25, -0.2) is 0 Å². The Morgan fingerprint density at radius 3 is 2.46 bits per heavy atom. The van der Waals surface area contributed by atoms with Crippen molar-refractivity contribution in [2.45, 2.75) is 32.3 Å². The van der Waals surface area contributed by atoms with Gasteiger partial charge in [-0.2, -0.15) is 0 Å². The Balaban J connectivity index is 0.00000243. The lowest BCUT2D eigenvalue weighted by Gasteiger charge is -2.37. The van der Waals surface area contributed by atoms with Crippen molar-refractivity contribution >= 4 is 35.8 Å². The summed E-state index contributed by atoms with van der Waals surface area (Å²) in [5.74, 6) is 1.84. The maximum Gasteiger partial charge on any atom is 0.251 e. The number of ether oxygens (including phenoxy) is 1. The summed E-state index contributed by atoms with van der Waals surface area (Å²) >= 11 is 0. The second-order valence-corrected chi connectivity index (χ2v) is 7.43. The highest BCUT2D eigenvalue weighted by molar-refractivity contribution is 14.0. The van der Waals surface area contributed by atoms with Gasteiger partial charge in [0.1, 0.15) is 6.10 Å². The normalized spacial score (nSPS) is 27.5. The molecule has 3 saturated heterocycles. The molecule has 150 valence electrons. The number of carbonyl (C=O) groups is 1. The molecule has 0 saturated carbocycles. The zero-order valence-electron chi connectivity index (χ0n) is 16.2. The largest absolute Gasteiger partial charge is 0.368 e. The van der Waals surface area contributed by atoms with Crippen LogP contribution in [-0.2, 0) is 9.53 Å². The van der Waals surface area contributed by atoms with Crippen LogP contribution in [-0.4, -0.2) is 98.7 Å². The molecule has 2 atom stereocenters. The highest BCUT2D eigenvalue weighted by atomic mass is 127. The SMILES string of the molecule is CCNC(=NCC1CCN(C)C1)N1CCN(C(=O)C2CCCO2)CC1.I. The fourth-order valence-corrected chi connectivity index (χ4v) is 3.93. The van der Waals surface area contributed by atoms with Gasteiger partial charge < -0.3 is 24.8 Å². The molecular formula is C18H34IN5O2. The number of nitrogens with zero attached hydrogens (tertiary/aromatic N) is 4. The summed E-state index contributed by atoms with van der Waals surface area (Å²) in [5, 5.41) is 3.42. The summed E-state index contributed by atoms with van der Waals surface area (Å²) in [6, 6.07) is 0. The third-order valence-electron chi connectivity index (χ3n) is 5.42. The van der Waals surface area contributed by atoms with Crippen molar-refractivity contribution in [3.05, 3.63) is 0 Å². The van der Waals surface area contributed by atoms with E-state index in [1.165, 1.54) is 13.0 Å². The lowest BCUT2D eigenvalue weighted by atomic mass is 10.1. The van der Waals surface area contributed by atoms with Crippen molar-refractivity contribution in [3.63, 3.8) is 0 Å². The zero-order valence-corrected chi connectivity index (χ0v) is 18.5. The highest BCUT2D eigenvalue weighted by Crippen LogP contribution is 2.17. The van der Waals surface area contributed by atoms with Gasteiger partial charge in [0, 0.05) is 52.4 Å². The number of nitrogens with one attached hydrogen (secondary N) is 1. The first-order chi connectivity index (χ1) is 12.2. The monoisotopic (exact) mass is 479 g/mol. The second-order valence-electron chi connectivity index (χ2n) is 7.43. The first-order valence-corrected chi connectivity index (χ1v) is 9.79. The molecule has 0 bridgehead atoms. The molecule has 0 radical (unpaired) electrons. The molecule has 0 aromatic rings. The van der Waals surface area contributed by atoms with E-state index in [1.807, 2.05) is 4.90 Å². The summed E-state index contributed by atoms with van der Waals surface area (Å²) in [6.07, 6.45) is 2.92. The molecule has 8 heteroatoms. The predicted octanol–water partition coefficient (Wildman–Crippen LogP) is 0.845. The third kappa shape index (κ3) is 5.69. The molecule has 26 heavy (non-hydrogen) atoms. The van der Waals surface area contributed by atoms with Gasteiger partial charge in [0.25, 0.3) is 5.91 Å². The van der Waals surface area contributed by atoms with Crippen molar-refractivity contribution in [2.24, 2.45) is 10.9 Å². The Kier molecular flexibility index (Phi) is 8.89. The standard InChI is InChI=1S/C18H33N5O2.HI/c1-3-19-18(20-13-15-6-7-21(2)14-15)23-10-8-22(9-11-23)17(24)16-5-4-12-25-16;/h15-16H,3-14H2,1-2H3,(H,19,20);1H. The van der Waals surface area contributed by atoms with Crippen molar-refractivity contribution in [3.8, 4) is 0 Å². The van der Waals surface area contributed by atoms with Crippen molar-refractivity contribution in [1.82, 2.24) is 20.0 Å². The average Bonchev–Trinajstić information content (AvgIpc) is 3.30. The number of aliphatic imine (C=N–C) groups is 1. The van der Waals surface area contributed by atoms with E-state index in [0.717, 1.165) is 71.2 Å². The summed E-state index contributed by atoms with van der Waals surface area (Å²) in [4.78, 5) is 24.0. The molecule has 3 aliphatic heterocycles. The number of carbonyl (C=O) groups excluding carboxylic acids is 1. The zero-order chi connectivity index (χ0) is 17.6. The van der Waals surface area contributed by atoms with Gasteiger partial charge in [0.2, 0.25) is 0 Å². The molecule has 2 unspecified atom stereocenters. The molecule has 0 aliphatic carbocycles. The number of piperazine rings is 1. The fourth-order valence-electron chi connectivity index (χ4n) is 3.93. The quantitative estimate of drug-likeness (QED) is 0.368. The van der Waals surface area contributed by atoms with Crippen LogP contribution >= 0.6 is 24.0 Å². The maximum atomic E-state index is 12.5. The average molecular weight is 479 g/mol. The van der Waals surface area contributed by atoms with Crippen LogP contribution in [0, 0.1) is 5.92 Å². The van der Waals surface area contributed by atoms with Gasteiger partial charge >= 0.3 is 0 Å². The van der Waals surface area contributed by atoms with Gasteiger partial charge in [0.15, 0.2) is 5.96 Å². The molecule has 3 rings (SSSR count). The van der Waals surface area contributed by atoms with E-state index in [4.69, 9.17) is 9.73 Å². The Hall–Kier alpha value is -0.610. The number of rotatable bonds is 4. The van der Waals surface area contributed by atoms with Crippen LogP contribution < -0.4 is 5.32 Å². The van der Waals surface area contributed by atoms with Crippen LogP contribution in [0.15, 0.2) is 4.99 Å². The molecule has 0 aromatic carbocycles. The van der Waals surface area contributed by atoms with Crippen molar-refractivity contribution in [2.75, 3.05) is 66.0 Å². The van der Waals surface area contributed by atoms with Gasteiger partial charge in [-0.05, 0) is 45.7 Å². The van der Waals surface area contributed by atoms with E-state index in [-0.39, 0.29) is 36.0 Å². The van der Waals surface area contributed by atoms with Crippen LogP contribution in [0.4, 0.5) is 0 Å². The molecule has 1 N–H and O–H groups in total. The minimum Gasteiger partial charge on any atom is -0.368 e. The van der Waals surface area contributed by atoms with E-state index < -0.39 is 0 Å². The molecule has 3 aliphatic rings. The van der Waals surface area contributed by atoms with Crippen LogP contribution in [0.3, 0.4) is 0 Å². The van der Waals surface area contributed by atoms with E-state index in [2.05, 4.69) is 29.1 Å². The lowest BCUT2D eigenvalue weighted by Crippen LogP contribution is -2.55. The molecule has 0 aromatic heterocycles. The minimum atomic E-state index is -0.201. The number of hydrogen-bond acceptors (Lipinski definition) is 4. The van der Waals surface area contributed by atoms with Crippen LogP contribution in [0.25, 0.3) is 0 Å². The van der Waals surface area contributed by atoms with Crippen molar-refractivity contribution < 1.29 is 9.53 Å². The van der Waals surface area contributed by atoms with Crippen LogP contribution in [0.1, 0.15) is 26.2 Å². The summed E-state index contributed by atoms with van der Waals surface area (Å²) in [5.41, 5.74) is 0. The summed E-state index contributed by atoms with van der Waals surface area (Å²) in [6.45, 7) is 10.1. The van der Waals surface area contributed by atoms with Gasteiger partial charge in [0.05, 0.1) is 0 Å².